The van der Waals surface area contributed by atoms with Crippen LogP contribution in [0.15, 0.2) is 30.3 Å². The second-order valence-corrected chi connectivity index (χ2v) is 7.55. The molecule has 0 unspecified atom stereocenters. The molecule has 1 fully saturated rings. The molecule has 0 aliphatic carbocycles. The van der Waals surface area contributed by atoms with Crippen molar-refractivity contribution in [2.75, 3.05) is 13.1 Å². The molecule has 28 heavy (non-hydrogen) atoms. The van der Waals surface area contributed by atoms with Crippen molar-refractivity contribution in [3.05, 3.63) is 35.9 Å². The maximum atomic E-state index is 12.7. The van der Waals surface area contributed by atoms with E-state index in [1.807, 2.05) is 24.3 Å². The quantitative estimate of drug-likeness (QED) is 0.774. The Morgan fingerprint density at radius 3 is 2.57 bits per heavy atom. The van der Waals surface area contributed by atoms with Gasteiger partial charge in [0.1, 0.15) is 24.8 Å². The van der Waals surface area contributed by atoms with Crippen LogP contribution in [-0.2, 0) is 25.7 Å². The SMILES string of the molecule is CC(C)(C)OC(=O)CN1CC[C@H](C#N)[C@@H](NC(=O)OCc2ccccc2)C1=O. The molecular weight excluding hydrogens is 362 g/mol. The van der Waals surface area contributed by atoms with Crippen molar-refractivity contribution in [1.29, 1.82) is 5.26 Å². The van der Waals surface area contributed by atoms with Gasteiger partial charge in [0, 0.05) is 6.54 Å². The minimum absolute atomic E-state index is 0.0480. The van der Waals surface area contributed by atoms with Gasteiger partial charge in [0.05, 0.1) is 12.0 Å². The van der Waals surface area contributed by atoms with Gasteiger partial charge >= 0.3 is 12.1 Å². The number of alkyl carbamates (subject to hydrolysis) is 1. The van der Waals surface area contributed by atoms with Gasteiger partial charge in [-0.15, -0.1) is 0 Å². The van der Waals surface area contributed by atoms with E-state index in [2.05, 4.69) is 5.32 Å². The third-order valence-electron chi connectivity index (χ3n) is 4.08. The summed E-state index contributed by atoms with van der Waals surface area (Å²) in [4.78, 5) is 38.1. The lowest BCUT2D eigenvalue weighted by Gasteiger charge is -2.35. The lowest BCUT2D eigenvalue weighted by Crippen LogP contribution is -2.57. The molecule has 0 radical (unpaired) electrons. The summed E-state index contributed by atoms with van der Waals surface area (Å²) in [6.07, 6.45) is -0.448. The van der Waals surface area contributed by atoms with Gasteiger partial charge in [-0.3, -0.25) is 9.59 Å². The molecule has 150 valence electrons. The molecule has 0 spiro atoms. The molecule has 1 aromatic carbocycles. The summed E-state index contributed by atoms with van der Waals surface area (Å²) < 4.78 is 10.4. The molecule has 2 amide bonds. The predicted octanol–water partition coefficient (Wildman–Crippen LogP) is 2.00. The summed E-state index contributed by atoms with van der Waals surface area (Å²) in [5.74, 6) is -1.73. The number of amides is 2. The molecular formula is C20H25N3O5. The second-order valence-electron chi connectivity index (χ2n) is 7.55. The summed E-state index contributed by atoms with van der Waals surface area (Å²) >= 11 is 0. The van der Waals surface area contributed by atoms with E-state index in [1.54, 1.807) is 32.9 Å². The van der Waals surface area contributed by atoms with Crippen molar-refractivity contribution in [2.24, 2.45) is 5.92 Å². The van der Waals surface area contributed by atoms with E-state index in [9.17, 15) is 19.6 Å². The molecule has 1 aliphatic rings. The van der Waals surface area contributed by atoms with Crippen LogP contribution in [0.2, 0.25) is 0 Å². The number of ether oxygens (including phenoxy) is 2. The van der Waals surface area contributed by atoms with E-state index in [-0.39, 0.29) is 19.7 Å². The smallest absolute Gasteiger partial charge is 0.408 e. The van der Waals surface area contributed by atoms with Crippen molar-refractivity contribution < 1.29 is 23.9 Å². The Hall–Kier alpha value is -3.08. The van der Waals surface area contributed by atoms with Crippen LogP contribution in [0.4, 0.5) is 4.79 Å². The maximum absolute atomic E-state index is 12.7. The fraction of sp³-hybridized carbons (Fsp3) is 0.500. The largest absolute Gasteiger partial charge is 0.459 e. The number of nitrogens with zero attached hydrogens (tertiary/aromatic N) is 2. The first-order valence-electron chi connectivity index (χ1n) is 9.07. The van der Waals surface area contributed by atoms with Crippen LogP contribution < -0.4 is 5.32 Å². The van der Waals surface area contributed by atoms with Gasteiger partial charge in [-0.05, 0) is 32.8 Å². The van der Waals surface area contributed by atoms with Crippen molar-refractivity contribution in [3.8, 4) is 6.07 Å². The van der Waals surface area contributed by atoms with E-state index in [1.165, 1.54) is 4.90 Å². The molecule has 1 aliphatic heterocycles. The van der Waals surface area contributed by atoms with Gasteiger partial charge in [-0.2, -0.15) is 5.26 Å². The fourth-order valence-corrected chi connectivity index (χ4v) is 2.82. The van der Waals surface area contributed by atoms with Gasteiger partial charge in [-0.25, -0.2) is 4.79 Å². The Kier molecular flexibility index (Phi) is 6.99. The van der Waals surface area contributed by atoms with Gasteiger partial charge < -0.3 is 19.7 Å². The fourth-order valence-electron chi connectivity index (χ4n) is 2.82. The number of nitriles is 1. The number of nitrogens with one attached hydrogen (secondary N) is 1. The van der Waals surface area contributed by atoms with Crippen LogP contribution in [0, 0.1) is 17.2 Å². The molecule has 1 aromatic rings. The third-order valence-corrected chi connectivity index (χ3v) is 4.08. The van der Waals surface area contributed by atoms with Gasteiger partial charge in [0.25, 0.3) is 0 Å². The lowest BCUT2D eigenvalue weighted by atomic mass is 9.92. The number of carbonyl (C=O) groups is 3. The zero-order chi connectivity index (χ0) is 20.7. The van der Waals surface area contributed by atoms with E-state index >= 15 is 0 Å². The zero-order valence-corrected chi connectivity index (χ0v) is 16.3. The normalized spacial score (nSPS) is 19.5. The number of carbonyl (C=O) groups excluding carboxylic acids is 3. The summed E-state index contributed by atoms with van der Waals surface area (Å²) in [6, 6.07) is 10.1. The predicted molar refractivity (Wildman–Crippen MR) is 99.7 cm³/mol. The molecule has 2 rings (SSSR count). The molecule has 1 heterocycles. The number of hydrogen-bond acceptors (Lipinski definition) is 6. The summed E-state index contributed by atoms with van der Waals surface area (Å²) in [7, 11) is 0. The van der Waals surface area contributed by atoms with Gasteiger partial charge in [0.2, 0.25) is 5.91 Å². The van der Waals surface area contributed by atoms with E-state index in [0.29, 0.717) is 6.42 Å². The van der Waals surface area contributed by atoms with Crippen molar-refractivity contribution in [2.45, 2.75) is 45.4 Å². The highest BCUT2D eigenvalue weighted by molar-refractivity contribution is 5.89. The third kappa shape index (κ3) is 6.27. The van der Waals surface area contributed by atoms with Crippen LogP contribution >= 0.6 is 0 Å². The first kappa shape index (κ1) is 21.2. The van der Waals surface area contributed by atoms with Crippen LogP contribution in [0.3, 0.4) is 0 Å². The zero-order valence-electron chi connectivity index (χ0n) is 16.3. The maximum Gasteiger partial charge on any atom is 0.408 e. The van der Waals surface area contributed by atoms with Gasteiger partial charge in [-0.1, -0.05) is 30.3 Å². The Morgan fingerprint density at radius 2 is 1.96 bits per heavy atom. The molecule has 1 saturated heterocycles. The minimum atomic E-state index is -1.07. The molecule has 2 atom stereocenters. The lowest BCUT2D eigenvalue weighted by molar-refractivity contribution is -0.160. The standard InChI is InChI=1S/C20H25N3O5/c1-20(2,3)28-16(24)12-23-10-9-15(11-21)17(18(23)25)22-19(26)27-13-14-7-5-4-6-8-14/h4-8,15,17H,9-10,12-13H2,1-3H3,(H,22,26)/t15-,17-/m1/s1. The van der Waals surface area contributed by atoms with Crippen molar-refractivity contribution in [3.63, 3.8) is 0 Å². The van der Waals surface area contributed by atoms with Crippen LogP contribution in [0.25, 0.3) is 0 Å². The van der Waals surface area contributed by atoms with E-state index < -0.39 is 35.5 Å². The topological polar surface area (TPSA) is 109 Å². The Bertz CT molecular complexity index is 751. The number of esters is 1. The van der Waals surface area contributed by atoms with E-state index in [0.717, 1.165) is 5.56 Å². The summed E-state index contributed by atoms with van der Waals surface area (Å²) in [5, 5.41) is 11.8. The Labute approximate surface area is 164 Å². The average molecular weight is 387 g/mol. The monoisotopic (exact) mass is 387 g/mol. The van der Waals surface area contributed by atoms with Crippen LogP contribution in [-0.4, -0.2) is 47.6 Å². The number of piperidine rings is 1. The highest BCUT2D eigenvalue weighted by Crippen LogP contribution is 2.19. The molecule has 0 saturated carbocycles. The Morgan fingerprint density at radius 1 is 1.29 bits per heavy atom. The number of likely N-dealkylation sites (tertiary alicyclic amines) is 1. The first-order valence-corrected chi connectivity index (χ1v) is 9.07. The number of rotatable bonds is 5. The molecule has 1 N–H and O–H groups in total. The Balaban J connectivity index is 1.96. The van der Waals surface area contributed by atoms with Crippen LogP contribution in [0.1, 0.15) is 32.8 Å². The summed E-state index contributed by atoms with van der Waals surface area (Å²) in [5.41, 5.74) is 0.139. The molecule has 0 aromatic heterocycles. The molecule has 0 bridgehead atoms. The molecule has 8 nitrogen and oxygen atoms in total. The number of hydrogen-bond donors (Lipinski definition) is 1. The highest BCUT2D eigenvalue weighted by atomic mass is 16.6. The first-order chi connectivity index (χ1) is 13.2. The average Bonchev–Trinajstić information content (AvgIpc) is 2.63. The minimum Gasteiger partial charge on any atom is -0.459 e. The van der Waals surface area contributed by atoms with Crippen molar-refractivity contribution >= 4 is 18.0 Å². The summed E-state index contributed by atoms with van der Waals surface area (Å²) in [6.45, 7) is 5.27. The van der Waals surface area contributed by atoms with Crippen LogP contribution in [0.5, 0.6) is 0 Å². The van der Waals surface area contributed by atoms with Crippen molar-refractivity contribution in [1.82, 2.24) is 10.2 Å². The highest BCUT2D eigenvalue weighted by Gasteiger charge is 2.39. The second kappa shape index (κ2) is 9.22. The van der Waals surface area contributed by atoms with Gasteiger partial charge in [0.15, 0.2) is 0 Å². The molecule has 8 heteroatoms. The van der Waals surface area contributed by atoms with E-state index in [4.69, 9.17) is 9.47 Å². The number of benzene rings is 1.